The first-order valence-corrected chi connectivity index (χ1v) is 7.62. The van der Waals surface area contributed by atoms with Crippen LogP contribution in [0.15, 0.2) is 30.3 Å². The Morgan fingerprint density at radius 1 is 1.33 bits per heavy atom. The van der Waals surface area contributed by atoms with Gasteiger partial charge in [0.2, 0.25) is 1.43 Å². The molecule has 0 bridgehead atoms. The lowest BCUT2D eigenvalue weighted by Gasteiger charge is -2.24. The molecule has 24 heavy (non-hydrogen) atoms. The molecule has 0 radical (unpaired) electrons. The van der Waals surface area contributed by atoms with Crippen molar-refractivity contribution in [1.82, 2.24) is 5.32 Å². The highest BCUT2D eigenvalue weighted by molar-refractivity contribution is 5.73. The Balaban J connectivity index is 2.63. The first kappa shape index (κ1) is 18.2. The standard InChI is InChI=1S/C17H24FNO5/c1-17(2,3)24-15(21)9-13(14(20)10-18)19-16(22)23-11-12-7-5-4-6-8-12/h4-8,13-14,20H,9-11H2,1-3H3,(H,19,22)/t13-,14-/m1/s1/i20T. The highest BCUT2D eigenvalue weighted by Crippen LogP contribution is 2.11. The number of rotatable bonds is 8. The van der Waals surface area contributed by atoms with Crippen molar-refractivity contribution in [2.75, 3.05) is 6.67 Å². The first-order chi connectivity index (χ1) is 11.7. The molecule has 1 aromatic carbocycles. The van der Waals surface area contributed by atoms with E-state index < -0.39 is 36.5 Å². The van der Waals surface area contributed by atoms with Crippen molar-refractivity contribution in [2.45, 2.75) is 51.5 Å². The average Bonchev–Trinajstić information content (AvgIpc) is 2.53. The Bertz CT molecular complexity index is 546. The molecule has 1 amide bonds. The third kappa shape index (κ3) is 7.92. The number of esters is 1. The molecule has 0 aliphatic carbocycles. The third-order valence-electron chi connectivity index (χ3n) is 2.92. The summed E-state index contributed by atoms with van der Waals surface area (Å²) in [5, 5.41) is 6.61. The van der Waals surface area contributed by atoms with E-state index in [-0.39, 0.29) is 13.0 Å². The average molecular weight is 343 g/mol. The summed E-state index contributed by atoms with van der Waals surface area (Å²) in [5.74, 6) is -0.642. The lowest BCUT2D eigenvalue weighted by Crippen LogP contribution is -2.46. The van der Waals surface area contributed by atoms with Crippen LogP contribution in [-0.4, -0.2) is 43.0 Å². The van der Waals surface area contributed by atoms with Gasteiger partial charge >= 0.3 is 12.1 Å². The van der Waals surface area contributed by atoms with Crippen LogP contribution in [-0.2, 0) is 20.9 Å². The minimum absolute atomic E-state index is 0.0217. The van der Waals surface area contributed by atoms with E-state index in [1.165, 1.54) is 0 Å². The van der Waals surface area contributed by atoms with Gasteiger partial charge in [-0.05, 0) is 26.3 Å². The molecule has 7 heteroatoms. The summed E-state index contributed by atoms with van der Waals surface area (Å²) in [6, 6.07) is 7.91. The van der Waals surface area contributed by atoms with Crippen LogP contribution in [0.2, 0.25) is 0 Å². The minimum Gasteiger partial charge on any atom is -0.460 e. The van der Waals surface area contributed by atoms with Gasteiger partial charge in [0.15, 0.2) is 0 Å². The quantitative estimate of drug-likeness (QED) is 0.708. The van der Waals surface area contributed by atoms with Gasteiger partial charge in [-0.15, -0.1) is 0 Å². The number of aliphatic hydroxyl groups is 1. The van der Waals surface area contributed by atoms with Crippen LogP contribution in [0.5, 0.6) is 0 Å². The number of amides is 1. The molecule has 1 aromatic rings. The molecule has 0 heterocycles. The zero-order chi connectivity index (χ0) is 18.9. The van der Waals surface area contributed by atoms with Crippen molar-refractivity contribution in [3.63, 3.8) is 0 Å². The summed E-state index contributed by atoms with van der Waals surface area (Å²) in [6.07, 6.45) is -2.49. The van der Waals surface area contributed by atoms with Crippen molar-refractivity contribution in [3.8, 4) is 0 Å². The number of benzene rings is 1. The number of alkyl halides is 1. The van der Waals surface area contributed by atoms with E-state index in [4.69, 9.17) is 10.9 Å². The molecule has 0 unspecified atom stereocenters. The van der Waals surface area contributed by atoms with Crippen molar-refractivity contribution >= 4 is 12.1 Å². The number of hydrogen-bond donors (Lipinski definition) is 2. The normalized spacial score (nSPS) is 14.2. The molecule has 0 spiro atoms. The fourth-order valence-electron chi connectivity index (χ4n) is 1.86. The van der Waals surface area contributed by atoms with E-state index in [9.17, 15) is 14.0 Å². The van der Waals surface area contributed by atoms with Gasteiger partial charge in [0.05, 0.1) is 12.5 Å². The van der Waals surface area contributed by atoms with Crippen molar-refractivity contribution in [1.29, 1.82) is 1.43 Å². The molecule has 0 fully saturated rings. The highest BCUT2D eigenvalue weighted by atomic mass is 19.1. The van der Waals surface area contributed by atoms with Gasteiger partial charge in [-0.2, -0.15) is 0 Å². The van der Waals surface area contributed by atoms with Crippen LogP contribution >= 0.6 is 0 Å². The molecule has 0 aromatic heterocycles. The molecule has 1 rings (SSSR count). The predicted molar refractivity (Wildman–Crippen MR) is 86.0 cm³/mol. The molecule has 0 aliphatic rings. The van der Waals surface area contributed by atoms with E-state index >= 15 is 0 Å². The molecular weight excluding hydrogens is 317 g/mol. The second-order valence-electron chi connectivity index (χ2n) is 6.30. The SMILES string of the molecule is [3H]O[C@H](CF)[C@@H](CC(=O)OC(C)(C)C)NC(=O)OCc1ccccc1. The lowest BCUT2D eigenvalue weighted by atomic mass is 10.1. The van der Waals surface area contributed by atoms with Gasteiger partial charge in [-0.1, -0.05) is 30.3 Å². The molecular formula is C17H24FNO5. The monoisotopic (exact) mass is 343 g/mol. The second-order valence-corrected chi connectivity index (χ2v) is 6.30. The Kier molecular flexibility index (Phi) is 6.99. The Labute approximate surface area is 142 Å². The van der Waals surface area contributed by atoms with Gasteiger partial charge in [-0.25, -0.2) is 9.18 Å². The molecule has 0 saturated carbocycles. The van der Waals surface area contributed by atoms with Crippen LogP contribution in [0.4, 0.5) is 9.18 Å². The smallest absolute Gasteiger partial charge is 0.407 e. The van der Waals surface area contributed by atoms with Crippen molar-refractivity contribution in [2.24, 2.45) is 0 Å². The largest absolute Gasteiger partial charge is 0.460 e. The molecule has 0 saturated heterocycles. The number of hydrogen-bond acceptors (Lipinski definition) is 5. The maximum atomic E-state index is 13.0. The van der Waals surface area contributed by atoms with Crippen LogP contribution in [0, 0.1) is 0 Å². The summed E-state index contributed by atoms with van der Waals surface area (Å²) in [4.78, 5) is 23.8. The molecule has 2 atom stereocenters. The number of alkyl carbamates (subject to hydrolysis) is 1. The summed E-state index contributed by atoms with van der Waals surface area (Å²) in [5.41, 5.74) is 0.0581. The molecule has 6 nitrogen and oxygen atoms in total. The number of carbonyl (C=O) groups is 2. The van der Waals surface area contributed by atoms with E-state index in [1.54, 1.807) is 45.0 Å². The number of carbonyl (C=O) groups excluding carboxylic acids is 2. The Hall–Kier alpha value is -2.15. The van der Waals surface area contributed by atoms with Gasteiger partial charge in [0.1, 0.15) is 25.0 Å². The maximum Gasteiger partial charge on any atom is 0.407 e. The first-order valence-electron chi connectivity index (χ1n) is 8.03. The van der Waals surface area contributed by atoms with Gasteiger partial charge in [0, 0.05) is 0 Å². The van der Waals surface area contributed by atoms with Crippen molar-refractivity contribution in [3.05, 3.63) is 35.9 Å². The molecule has 134 valence electrons. The van der Waals surface area contributed by atoms with E-state index in [2.05, 4.69) is 10.4 Å². The zero-order valence-corrected chi connectivity index (χ0v) is 14.1. The molecule has 2 N–H and O–H groups in total. The summed E-state index contributed by atoms with van der Waals surface area (Å²) < 4.78 is 30.1. The van der Waals surface area contributed by atoms with E-state index in [0.29, 0.717) is 0 Å². The summed E-state index contributed by atoms with van der Waals surface area (Å²) >= 11 is 0. The highest BCUT2D eigenvalue weighted by Gasteiger charge is 2.27. The van der Waals surface area contributed by atoms with Crippen LogP contribution in [0.25, 0.3) is 0 Å². The van der Waals surface area contributed by atoms with Gasteiger partial charge < -0.3 is 19.9 Å². The van der Waals surface area contributed by atoms with E-state index in [1.807, 2.05) is 6.07 Å². The number of aliphatic hydroxyl groups excluding tert-OH is 1. The Morgan fingerprint density at radius 2 is 2.00 bits per heavy atom. The predicted octanol–water partition coefficient (Wildman–Crippen LogP) is 2.34. The fraction of sp³-hybridized carbons (Fsp3) is 0.529. The number of halogens is 1. The molecule has 0 aliphatic heterocycles. The van der Waals surface area contributed by atoms with Crippen LogP contribution < -0.4 is 5.32 Å². The summed E-state index contributed by atoms with van der Waals surface area (Å²) in [6.45, 7) is 4.04. The minimum atomic E-state index is -1.31. The zero-order valence-electron chi connectivity index (χ0n) is 15.1. The van der Waals surface area contributed by atoms with Gasteiger partial charge in [-0.3, -0.25) is 4.79 Å². The van der Waals surface area contributed by atoms with Crippen LogP contribution in [0.1, 0.15) is 32.8 Å². The van der Waals surface area contributed by atoms with E-state index in [0.717, 1.165) is 5.56 Å². The third-order valence-corrected chi connectivity index (χ3v) is 2.92. The van der Waals surface area contributed by atoms with Crippen molar-refractivity contribution < 1.29 is 28.6 Å². The van der Waals surface area contributed by atoms with Gasteiger partial charge in [0.25, 0.3) is 0 Å². The maximum absolute atomic E-state index is 13.0. The second kappa shape index (κ2) is 9.22. The number of nitrogens with one attached hydrogen (secondary N) is 1. The Morgan fingerprint density at radius 3 is 2.54 bits per heavy atom. The fourth-order valence-corrected chi connectivity index (χ4v) is 1.86. The summed E-state index contributed by atoms with van der Waals surface area (Å²) in [7, 11) is 0. The topological polar surface area (TPSA) is 84.9 Å². The van der Waals surface area contributed by atoms with Crippen LogP contribution in [0.3, 0.4) is 0 Å². The lowest BCUT2D eigenvalue weighted by molar-refractivity contribution is -0.156. The number of ether oxygens (including phenoxy) is 2.